The molecule has 0 spiro atoms. The molecule has 0 aliphatic carbocycles. The minimum atomic E-state index is -0.424. The van der Waals surface area contributed by atoms with Gasteiger partial charge in [-0.25, -0.2) is 9.78 Å². The van der Waals surface area contributed by atoms with Crippen molar-refractivity contribution in [3.05, 3.63) is 55.7 Å². The number of hydrogen-bond donors (Lipinski definition) is 0. The molecule has 4 heterocycles. The van der Waals surface area contributed by atoms with Crippen molar-refractivity contribution >= 4 is 16.9 Å². The lowest BCUT2D eigenvalue weighted by Gasteiger charge is -2.35. The van der Waals surface area contributed by atoms with Gasteiger partial charge >= 0.3 is 5.69 Å². The van der Waals surface area contributed by atoms with Crippen molar-refractivity contribution in [1.29, 1.82) is 0 Å². The summed E-state index contributed by atoms with van der Waals surface area (Å²) in [4.78, 5) is 44.4. The number of nitrogens with zero attached hydrogens (tertiary/aromatic N) is 5. The van der Waals surface area contributed by atoms with Gasteiger partial charge in [-0.05, 0) is 45.2 Å². The highest BCUT2D eigenvalue weighted by Gasteiger charge is 2.30. The van der Waals surface area contributed by atoms with E-state index in [1.54, 1.807) is 19.2 Å². The zero-order valence-corrected chi connectivity index (χ0v) is 17.6. The van der Waals surface area contributed by atoms with Crippen molar-refractivity contribution in [1.82, 2.24) is 24.2 Å². The Labute approximate surface area is 172 Å². The lowest BCUT2D eigenvalue weighted by atomic mass is 9.97. The number of amides is 1. The number of hydrogen-bond acceptors (Lipinski definition) is 6. The Balaban J connectivity index is 1.72. The van der Waals surface area contributed by atoms with Crippen LogP contribution in [-0.2, 0) is 25.3 Å². The SMILES string of the molecule is Cc1noc(C)c1CC(=O)N1CCCC[C@@H]1c1ccc2c(=O)n(C)c(=O)n(C)c2n1. The van der Waals surface area contributed by atoms with Crippen LogP contribution >= 0.6 is 0 Å². The largest absolute Gasteiger partial charge is 0.361 e. The average molecular weight is 411 g/mol. The molecular weight excluding hydrogens is 386 g/mol. The molecule has 0 bridgehead atoms. The Bertz CT molecular complexity index is 1230. The fraction of sp³-hybridized carbons (Fsp3) is 0.476. The third kappa shape index (κ3) is 3.24. The van der Waals surface area contributed by atoms with E-state index in [0.29, 0.717) is 29.0 Å². The average Bonchev–Trinajstić information content (AvgIpc) is 3.07. The maximum Gasteiger partial charge on any atom is 0.332 e. The molecule has 1 aliphatic heterocycles. The molecule has 0 radical (unpaired) electrons. The van der Waals surface area contributed by atoms with E-state index in [0.717, 1.165) is 35.1 Å². The number of likely N-dealkylation sites (tertiary alicyclic amines) is 1. The van der Waals surface area contributed by atoms with E-state index in [1.807, 2.05) is 18.7 Å². The normalized spacial score (nSPS) is 16.9. The molecule has 0 unspecified atom stereocenters. The standard InChI is InChI=1S/C21H25N5O4/c1-12-15(13(2)30-23-12)11-18(27)26-10-6-5-7-17(26)16-9-8-14-19(22-16)24(3)21(29)25(4)20(14)28/h8-9,17H,5-7,10-11H2,1-4H3/t17-/m1/s1. The van der Waals surface area contributed by atoms with E-state index in [1.165, 1.54) is 11.6 Å². The van der Waals surface area contributed by atoms with Crippen LogP contribution in [-0.4, -0.2) is 36.6 Å². The first kappa shape index (κ1) is 20.1. The van der Waals surface area contributed by atoms with Crippen molar-refractivity contribution in [2.75, 3.05) is 6.54 Å². The van der Waals surface area contributed by atoms with Gasteiger partial charge < -0.3 is 9.42 Å². The second kappa shape index (κ2) is 7.55. The van der Waals surface area contributed by atoms with Gasteiger partial charge in [-0.2, -0.15) is 0 Å². The van der Waals surface area contributed by atoms with Gasteiger partial charge in [-0.15, -0.1) is 0 Å². The van der Waals surface area contributed by atoms with Crippen LogP contribution in [0.25, 0.3) is 11.0 Å². The molecular formula is C21H25N5O4. The third-order valence-corrected chi connectivity index (χ3v) is 6.00. The summed E-state index contributed by atoms with van der Waals surface area (Å²) in [5, 5.41) is 4.32. The van der Waals surface area contributed by atoms with Crippen molar-refractivity contribution in [2.45, 2.75) is 45.6 Å². The maximum absolute atomic E-state index is 13.2. The molecule has 1 saturated heterocycles. The van der Waals surface area contributed by atoms with Crippen LogP contribution in [0.1, 0.15) is 48.0 Å². The molecule has 9 nitrogen and oxygen atoms in total. The van der Waals surface area contributed by atoms with E-state index in [-0.39, 0.29) is 23.9 Å². The van der Waals surface area contributed by atoms with Gasteiger partial charge in [-0.3, -0.25) is 18.7 Å². The number of piperidine rings is 1. The Morgan fingerprint density at radius 1 is 1.17 bits per heavy atom. The van der Waals surface area contributed by atoms with Crippen LogP contribution in [0.2, 0.25) is 0 Å². The van der Waals surface area contributed by atoms with E-state index in [2.05, 4.69) is 10.1 Å². The molecule has 1 atom stereocenters. The molecule has 0 saturated carbocycles. The number of aromatic nitrogens is 4. The monoisotopic (exact) mass is 411 g/mol. The summed E-state index contributed by atoms with van der Waals surface area (Å²) in [5.74, 6) is 0.651. The Morgan fingerprint density at radius 2 is 1.93 bits per heavy atom. The molecule has 3 aromatic rings. The molecule has 1 amide bonds. The van der Waals surface area contributed by atoms with Gasteiger partial charge in [0.25, 0.3) is 5.56 Å². The molecule has 0 aromatic carbocycles. The Hall–Kier alpha value is -3.23. The number of pyridine rings is 1. The fourth-order valence-corrected chi connectivity index (χ4v) is 4.20. The maximum atomic E-state index is 13.2. The van der Waals surface area contributed by atoms with Crippen molar-refractivity contribution in [3.63, 3.8) is 0 Å². The smallest absolute Gasteiger partial charge is 0.332 e. The number of carbonyl (C=O) groups is 1. The number of aryl methyl sites for hydroxylation is 3. The predicted octanol–water partition coefficient (Wildman–Crippen LogP) is 1.53. The lowest BCUT2D eigenvalue weighted by Crippen LogP contribution is -2.40. The first-order chi connectivity index (χ1) is 14.3. The molecule has 1 fully saturated rings. The summed E-state index contributed by atoms with van der Waals surface area (Å²) in [6.45, 7) is 4.28. The molecule has 3 aromatic heterocycles. The van der Waals surface area contributed by atoms with Crippen molar-refractivity contribution in [2.24, 2.45) is 14.1 Å². The number of rotatable bonds is 3. The first-order valence-corrected chi connectivity index (χ1v) is 10.1. The van der Waals surface area contributed by atoms with Crippen LogP contribution in [0.5, 0.6) is 0 Å². The van der Waals surface area contributed by atoms with Crippen LogP contribution in [0.15, 0.2) is 26.2 Å². The minimum absolute atomic E-state index is 0.00568. The molecule has 30 heavy (non-hydrogen) atoms. The van der Waals surface area contributed by atoms with Crippen LogP contribution in [0.3, 0.4) is 0 Å². The van der Waals surface area contributed by atoms with E-state index >= 15 is 0 Å². The lowest BCUT2D eigenvalue weighted by molar-refractivity contribution is -0.134. The van der Waals surface area contributed by atoms with Crippen LogP contribution in [0, 0.1) is 13.8 Å². The minimum Gasteiger partial charge on any atom is -0.361 e. The highest BCUT2D eigenvalue weighted by molar-refractivity contribution is 5.80. The molecule has 9 heteroatoms. The Morgan fingerprint density at radius 3 is 2.63 bits per heavy atom. The van der Waals surface area contributed by atoms with Gasteiger partial charge in [-0.1, -0.05) is 5.16 Å². The summed E-state index contributed by atoms with van der Waals surface area (Å²) in [6, 6.07) is 3.29. The van der Waals surface area contributed by atoms with Crippen molar-refractivity contribution in [3.8, 4) is 0 Å². The molecule has 1 aliphatic rings. The van der Waals surface area contributed by atoms with Gasteiger partial charge in [0, 0.05) is 26.2 Å². The van der Waals surface area contributed by atoms with E-state index in [4.69, 9.17) is 4.52 Å². The number of carbonyl (C=O) groups excluding carboxylic acids is 1. The summed E-state index contributed by atoms with van der Waals surface area (Å²) >= 11 is 0. The van der Waals surface area contributed by atoms with Gasteiger partial charge in [0.05, 0.1) is 29.2 Å². The summed E-state index contributed by atoms with van der Waals surface area (Å²) in [7, 11) is 3.05. The first-order valence-electron chi connectivity index (χ1n) is 10.1. The summed E-state index contributed by atoms with van der Waals surface area (Å²) in [5.41, 5.74) is 1.78. The van der Waals surface area contributed by atoms with Crippen molar-refractivity contribution < 1.29 is 9.32 Å². The summed E-state index contributed by atoms with van der Waals surface area (Å²) in [6.07, 6.45) is 2.92. The second-order valence-corrected chi connectivity index (χ2v) is 7.89. The molecule has 0 N–H and O–H groups in total. The zero-order chi connectivity index (χ0) is 21.6. The highest BCUT2D eigenvalue weighted by Crippen LogP contribution is 2.31. The quantitative estimate of drug-likeness (QED) is 0.648. The topological polar surface area (TPSA) is 103 Å². The predicted molar refractivity (Wildman–Crippen MR) is 110 cm³/mol. The zero-order valence-electron chi connectivity index (χ0n) is 17.6. The molecule has 4 rings (SSSR count). The fourth-order valence-electron chi connectivity index (χ4n) is 4.20. The van der Waals surface area contributed by atoms with Crippen LogP contribution in [0.4, 0.5) is 0 Å². The van der Waals surface area contributed by atoms with Crippen LogP contribution < -0.4 is 11.2 Å². The third-order valence-electron chi connectivity index (χ3n) is 6.00. The van der Waals surface area contributed by atoms with E-state index in [9.17, 15) is 14.4 Å². The molecule has 158 valence electrons. The van der Waals surface area contributed by atoms with Gasteiger partial charge in [0.1, 0.15) is 11.4 Å². The van der Waals surface area contributed by atoms with Gasteiger partial charge in [0.2, 0.25) is 5.91 Å². The highest BCUT2D eigenvalue weighted by atomic mass is 16.5. The second-order valence-electron chi connectivity index (χ2n) is 7.89. The Kier molecular flexibility index (Phi) is 5.05. The van der Waals surface area contributed by atoms with E-state index < -0.39 is 5.69 Å². The number of fused-ring (bicyclic) bond motifs is 1. The van der Waals surface area contributed by atoms with Gasteiger partial charge in [0.15, 0.2) is 0 Å². The summed E-state index contributed by atoms with van der Waals surface area (Å²) < 4.78 is 7.64.